The van der Waals surface area contributed by atoms with Crippen molar-refractivity contribution in [2.75, 3.05) is 26.3 Å². The zero-order valence-electron chi connectivity index (χ0n) is 12.6. The second-order valence-corrected chi connectivity index (χ2v) is 5.90. The summed E-state index contributed by atoms with van der Waals surface area (Å²) in [5, 5.41) is 11.8. The summed E-state index contributed by atoms with van der Waals surface area (Å²) in [5.41, 5.74) is 0. The van der Waals surface area contributed by atoms with Gasteiger partial charge in [-0.25, -0.2) is 4.79 Å². The lowest BCUT2D eigenvalue weighted by molar-refractivity contribution is -0.138. The summed E-state index contributed by atoms with van der Waals surface area (Å²) in [7, 11) is 0. The molecular formula is C14H26N2O4. The topological polar surface area (TPSA) is 78.9 Å². The molecule has 1 saturated heterocycles. The molecule has 2 N–H and O–H groups in total. The van der Waals surface area contributed by atoms with Crippen LogP contribution < -0.4 is 5.32 Å². The zero-order valence-corrected chi connectivity index (χ0v) is 12.6. The fraction of sp³-hybridized carbons (Fsp3) is 0.857. The minimum atomic E-state index is -0.815. The number of urea groups is 1. The fourth-order valence-electron chi connectivity index (χ4n) is 2.51. The molecule has 0 radical (unpaired) electrons. The van der Waals surface area contributed by atoms with E-state index in [0.29, 0.717) is 32.2 Å². The largest absolute Gasteiger partial charge is 0.481 e. The Labute approximate surface area is 120 Å². The van der Waals surface area contributed by atoms with Gasteiger partial charge < -0.3 is 20.1 Å². The van der Waals surface area contributed by atoms with Gasteiger partial charge in [-0.2, -0.15) is 0 Å². The lowest BCUT2D eigenvalue weighted by Crippen LogP contribution is -2.52. The summed E-state index contributed by atoms with van der Waals surface area (Å²) in [4.78, 5) is 24.7. The minimum absolute atomic E-state index is 0.0206. The van der Waals surface area contributed by atoms with Gasteiger partial charge in [-0.05, 0) is 25.2 Å². The molecule has 0 bridgehead atoms. The number of carbonyl (C=O) groups excluding carboxylic acids is 1. The molecular weight excluding hydrogens is 260 g/mol. The van der Waals surface area contributed by atoms with Crippen molar-refractivity contribution >= 4 is 12.0 Å². The van der Waals surface area contributed by atoms with E-state index in [4.69, 9.17) is 9.84 Å². The molecule has 1 fully saturated rings. The highest BCUT2D eigenvalue weighted by Gasteiger charge is 2.24. The predicted molar refractivity (Wildman–Crippen MR) is 75.6 cm³/mol. The van der Waals surface area contributed by atoms with E-state index in [9.17, 15) is 9.59 Å². The van der Waals surface area contributed by atoms with Crippen LogP contribution >= 0.6 is 0 Å². The van der Waals surface area contributed by atoms with Crippen LogP contribution in [0.5, 0.6) is 0 Å². The maximum absolute atomic E-state index is 12.1. The van der Waals surface area contributed by atoms with Crippen LogP contribution in [0.3, 0.4) is 0 Å². The Hall–Kier alpha value is -1.30. The van der Waals surface area contributed by atoms with Gasteiger partial charge in [0.1, 0.15) is 0 Å². The van der Waals surface area contributed by atoms with Crippen LogP contribution in [0.25, 0.3) is 0 Å². The van der Waals surface area contributed by atoms with Gasteiger partial charge in [-0.3, -0.25) is 4.79 Å². The number of hydrogen-bond acceptors (Lipinski definition) is 3. The second-order valence-electron chi connectivity index (χ2n) is 5.90. The Balaban J connectivity index is 2.44. The van der Waals surface area contributed by atoms with Gasteiger partial charge in [0.25, 0.3) is 0 Å². The van der Waals surface area contributed by atoms with Gasteiger partial charge in [-0.15, -0.1) is 0 Å². The first-order valence-corrected chi connectivity index (χ1v) is 7.24. The van der Waals surface area contributed by atoms with Crippen LogP contribution in [-0.4, -0.2) is 54.4 Å². The van der Waals surface area contributed by atoms with Crippen LogP contribution in [0.2, 0.25) is 0 Å². The van der Waals surface area contributed by atoms with E-state index in [1.165, 1.54) is 0 Å². The zero-order chi connectivity index (χ0) is 15.1. The minimum Gasteiger partial charge on any atom is -0.481 e. The maximum atomic E-state index is 12.1. The number of carbonyl (C=O) groups is 2. The quantitative estimate of drug-likeness (QED) is 0.776. The second kappa shape index (κ2) is 8.09. The molecule has 0 aliphatic carbocycles. The highest BCUT2D eigenvalue weighted by atomic mass is 16.5. The molecule has 116 valence electrons. The third kappa shape index (κ3) is 5.77. The average Bonchev–Trinajstić information content (AvgIpc) is 2.34. The summed E-state index contributed by atoms with van der Waals surface area (Å²) < 4.78 is 5.29. The molecule has 0 aromatic carbocycles. The lowest BCUT2D eigenvalue weighted by atomic mass is 9.94. The number of carboxylic acids is 1. The van der Waals surface area contributed by atoms with Gasteiger partial charge in [0, 0.05) is 19.5 Å². The van der Waals surface area contributed by atoms with Crippen molar-refractivity contribution in [3.8, 4) is 0 Å². The summed E-state index contributed by atoms with van der Waals surface area (Å²) in [6.45, 7) is 8.16. The van der Waals surface area contributed by atoms with Crippen LogP contribution in [-0.2, 0) is 9.53 Å². The first-order valence-electron chi connectivity index (χ1n) is 7.24. The van der Waals surface area contributed by atoms with Crippen LogP contribution in [0, 0.1) is 11.8 Å². The number of carboxylic acid groups (broad SMARTS) is 1. The van der Waals surface area contributed by atoms with E-state index in [-0.39, 0.29) is 24.4 Å². The number of amides is 2. The summed E-state index contributed by atoms with van der Waals surface area (Å²) in [6.07, 6.45) is 0.891. The van der Waals surface area contributed by atoms with Gasteiger partial charge in [0.2, 0.25) is 0 Å². The smallest absolute Gasteiger partial charge is 0.317 e. The summed E-state index contributed by atoms with van der Waals surface area (Å²) in [5.74, 6) is -0.420. The Kier molecular flexibility index (Phi) is 6.78. The van der Waals surface area contributed by atoms with Crippen LogP contribution in [0.15, 0.2) is 0 Å². The molecule has 2 amide bonds. The molecule has 1 aliphatic rings. The van der Waals surface area contributed by atoms with Gasteiger partial charge in [0.05, 0.1) is 19.3 Å². The number of nitrogens with zero attached hydrogens (tertiary/aromatic N) is 1. The first kappa shape index (κ1) is 16.8. The molecule has 2 unspecified atom stereocenters. The Morgan fingerprint density at radius 1 is 1.45 bits per heavy atom. The summed E-state index contributed by atoms with van der Waals surface area (Å²) in [6, 6.07) is -0.0632. The third-order valence-electron chi connectivity index (χ3n) is 3.44. The van der Waals surface area contributed by atoms with Crippen molar-refractivity contribution in [1.82, 2.24) is 10.2 Å². The highest BCUT2D eigenvalue weighted by Crippen LogP contribution is 2.15. The van der Waals surface area contributed by atoms with Crippen molar-refractivity contribution in [1.29, 1.82) is 0 Å². The monoisotopic (exact) mass is 286 g/mol. The number of morpholine rings is 1. The lowest BCUT2D eigenvalue weighted by Gasteiger charge is -2.33. The number of rotatable bonds is 6. The van der Waals surface area contributed by atoms with Gasteiger partial charge in [0.15, 0.2) is 0 Å². The van der Waals surface area contributed by atoms with E-state index < -0.39 is 5.97 Å². The molecule has 1 aliphatic heterocycles. The van der Waals surface area contributed by atoms with E-state index >= 15 is 0 Å². The molecule has 6 heteroatoms. The number of hydrogen-bond donors (Lipinski definition) is 2. The molecule has 0 saturated carbocycles. The van der Waals surface area contributed by atoms with E-state index in [0.717, 1.165) is 6.42 Å². The SMILES string of the molecule is CC(C)CC(CNC(=O)N1CCOCC1C)CC(=O)O. The number of ether oxygens (including phenoxy) is 1. The molecule has 0 spiro atoms. The van der Waals surface area contributed by atoms with Crippen molar-refractivity contribution in [2.24, 2.45) is 11.8 Å². The van der Waals surface area contributed by atoms with E-state index in [1.54, 1.807) is 4.90 Å². The first-order chi connectivity index (χ1) is 9.40. The van der Waals surface area contributed by atoms with Crippen LogP contribution in [0.1, 0.15) is 33.6 Å². The molecule has 2 atom stereocenters. The molecule has 0 aromatic heterocycles. The van der Waals surface area contributed by atoms with Crippen molar-refractivity contribution < 1.29 is 19.4 Å². The molecule has 0 aromatic rings. The van der Waals surface area contributed by atoms with Crippen molar-refractivity contribution in [3.63, 3.8) is 0 Å². The van der Waals surface area contributed by atoms with E-state index in [1.807, 2.05) is 6.92 Å². The maximum Gasteiger partial charge on any atom is 0.317 e. The van der Waals surface area contributed by atoms with Gasteiger partial charge in [-0.1, -0.05) is 13.8 Å². The van der Waals surface area contributed by atoms with Gasteiger partial charge >= 0.3 is 12.0 Å². The Morgan fingerprint density at radius 2 is 2.15 bits per heavy atom. The predicted octanol–water partition coefficient (Wildman–Crippen LogP) is 1.55. The fourth-order valence-corrected chi connectivity index (χ4v) is 2.51. The number of nitrogens with one attached hydrogen (secondary N) is 1. The normalized spacial score (nSPS) is 20.8. The molecule has 6 nitrogen and oxygen atoms in total. The third-order valence-corrected chi connectivity index (χ3v) is 3.44. The standard InChI is InChI=1S/C14H26N2O4/c1-10(2)6-12(7-13(17)18)8-15-14(19)16-4-5-20-9-11(16)3/h10-12H,4-9H2,1-3H3,(H,15,19)(H,17,18). The number of aliphatic carboxylic acids is 1. The molecule has 20 heavy (non-hydrogen) atoms. The van der Waals surface area contributed by atoms with Crippen molar-refractivity contribution in [3.05, 3.63) is 0 Å². The van der Waals surface area contributed by atoms with E-state index in [2.05, 4.69) is 19.2 Å². The molecule has 1 rings (SSSR count). The average molecular weight is 286 g/mol. The Morgan fingerprint density at radius 3 is 2.70 bits per heavy atom. The highest BCUT2D eigenvalue weighted by molar-refractivity contribution is 5.74. The Bertz CT molecular complexity index is 333. The molecule has 1 heterocycles. The van der Waals surface area contributed by atoms with Crippen LogP contribution in [0.4, 0.5) is 4.79 Å². The van der Waals surface area contributed by atoms with Crippen molar-refractivity contribution in [2.45, 2.75) is 39.7 Å². The summed E-state index contributed by atoms with van der Waals surface area (Å²) >= 11 is 0.